The van der Waals surface area contributed by atoms with Crippen LogP contribution in [0.3, 0.4) is 0 Å². The minimum Gasteiger partial charge on any atom is -0.481 e. The van der Waals surface area contributed by atoms with Crippen molar-refractivity contribution in [2.24, 2.45) is 5.92 Å². The van der Waals surface area contributed by atoms with Crippen LogP contribution in [-0.4, -0.2) is 54.4 Å². The number of hydrogen-bond donors (Lipinski definition) is 0. The van der Waals surface area contributed by atoms with E-state index in [0.717, 1.165) is 25.9 Å². The molecule has 2 heterocycles. The maximum atomic E-state index is 13.4. The Kier molecular flexibility index (Phi) is 4.79. The number of amides is 2. The van der Waals surface area contributed by atoms with Gasteiger partial charge in [0.2, 0.25) is 5.91 Å². The van der Waals surface area contributed by atoms with Crippen molar-refractivity contribution >= 4 is 11.8 Å². The minimum absolute atomic E-state index is 0.0716. The average molecular weight is 320 g/mol. The molecule has 0 aliphatic carbocycles. The van der Waals surface area contributed by atoms with Gasteiger partial charge in [0, 0.05) is 26.2 Å². The van der Waals surface area contributed by atoms with E-state index in [1.165, 1.54) is 18.6 Å². The van der Waals surface area contributed by atoms with Crippen molar-refractivity contribution in [2.45, 2.75) is 19.3 Å². The van der Waals surface area contributed by atoms with Gasteiger partial charge in [0.15, 0.2) is 18.2 Å². The van der Waals surface area contributed by atoms with E-state index in [1.54, 1.807) is 17.0 Å². The molecular weight excluding hydrogens is 299 g/mol. The van der Waals surface area contributed by atoms with Crippen LogP contribution < -0.4 is 4.74 Å². The van der Waals surface area contributed by atoms with Crippen LogP contribution in [0.1, 0.15) is 19.3 Å². The second kappa shape index (κ2) is 6.98. The first-order valence-electron chi connectivity index (χ1n) is 8.09. The van der Waals surface area contributed by atoms with Gasteiger partial charge >= 0.3 is 0 Å². The monoisotopic (exact) mass is 320 g/mol. The normalized spacial score (nSPS) is 18.5. The van der Waals surface area contributed by atoms with E-state index < -0.39 is 5.82 Å². The summed E-state index contributed by atoms with van der Waals surface area (Å²) in [6, 6.07) is 5.99. The summed E-state index contributed by atoms with van der Waals surface area (Å²) in [4.78, 5) is 27.8. The molecule has 5 nitrogen and oxygen atoms in total. The predicted octanol–water partition coefficient (Wildman–Crippen LogP) is 1.68. The van der Waals surface area contributed by atoms with Crippen molar-refractivity contribution in [1.29, 1.82) is 0 Å². The number of carbonyl (C=O) groups is 2. The third-order valence-electron chi connectivity index (χ3n) is 4.44. The fourth-order valence-electron chi connectivity index (χ4n) is 3.00. The highest BCUT2D eigenvalue weighted by Gasteiger charge is 2.38. The van der Waals surface area contributed by atoms with Crippen LogP contribution in [0.4, 0.5) is 4.39 Å². The molecule has 1 aromatic rings. The van der Waals surface area contributed by atoms with Crippen molar-refractivity contribution in [3.8, 4) is 5.75 Å². The molecule has 0 radical (unpaired) electrons. The molecule has 124 valence electrons. The van der Waals surface area contributed by atoms with Gasteiger partial charge < -0.3 is 14.5 Å². The second-order valence-electron chi connectivity index (χ2n) is 6.10. The van der Waals surface area contributed by atoms with E-state index in [-0.39, 0.29) is 30.1 Å². The number of piperidine rings is 1. The maximum Gasteiger partial charge on any atom is 0.260 e. The Bertz CT molecular complexity index is 581. The standard InChI is InChI=1S/C17H21FN2O3/c18-14-6-2-3-7-15(14)23-12-16(21)20-10-13(11-20)17(22)19-8-4-1-5-9-19/h2-3,6-7,13H,1,4-5,8-12H2. The Hall–Kier alpha value is -2.11. The Morgan fingerprint density at radius 1 is 1.09 bits per heavy atom. The van der Waals surface area contributed by atoms with E-state index >= 15 is 0 Å². The van der Waals surface area contributed by atoms with E-state index in [2.05, 4.69) is 0 Å². The highest BCUT2D eigenvalue weighted by molar-refractivity contribution is 5.85. The summed E-state index contributed by atoms with van der Waals surface area (Å²) in [6.07, 6.45) is 3.32. The predicted molar refractivity (Wildman–Crippen MR) is 82.4 cm³/mol. The SMILES string of the molecule is O=C(COc1ccccc1F)N1CC(C(=O)N2CCCCC2)C1. The first kappa shape index (κ1) is 15.8. The number of ether oxygens (including phenoxy) is 1. The lowest BCUT2D eigenvalue weighted by molar-refractivity contribution is -0.150. The lowest BCUT2D eigenvalue weighted by Crippen LogP contribution is -2.57. The number of nitrogens with zero attached hydrogens (tertiary/aromatic N) is 2. The highest BCUT2D eigenvalue weighted by Crippen LogP contribution is 2.21. The molecule has 2 aliphatic rings. The Morgan fingerprint density at radius 3 is 2.48 bits per heavy atom. The third kappa shape index (κ3) is 3.63. The molecule has 0 aromatic heterocycles. The maximum absolute atomic E-state index is 13.4. The van der Waals surface area contributed by atoms with Gasteiger partial charge in [-0.15, -0.1) is 0 Å². The molecule has 23 heavy (non-hydrogen) atoms. The molecule has 2 amide bonds. The van der Waals surface area contributed by atoms with Gasteiger partial charge in [-0.1, -0.05) is 12.1 Å². The summed E-state index contributed by atoms with van der Waals surface area (Å²) < 4.78 is 18.6. The van der Waals surface area contributed by atoms with Gasteiger partial charge in [0.1, 0.15) is 0 Å². The Balaban J connectivity index is 1.43. The van der Waals surface area contributed by atoms with Crippen LogP contribution in [0.25, 0.3) is 0 Å². The van der Waals surface area contributed by atoms with Crippen LogP contribution in [0.5, 0.6) is 5.75 Å². The lowest BCUT2D eigenvalue weighted by Gasteiger charge is -2.41. The van der Waals surface area contributed by atoms with Crippen LogP contribution in [0.15, 0.2) is 24.3 Å². The number of hydrogen-bond acceptors (Lipinski definition) is 3. The summed E-state index contributed by atoms with van der Waals surface area (Å²) in [6.45, 7) is 2.34. The molecule has 0 spiro atoms. The van der Waals surface area contributed by atoms with E-state index in [1.807, 2.05) is 4.90 Å². The minimum atomic E-state index is -0.484. The van der Waals surface area contributed by atoms with Crippen LogP contribution >= 0.6 is 0 Å². The second-order valence-corrected chi connectivity index (χ2v) is 6.10. The summed E-state index contributed by atoms with van der Waals surface area (Å²) in [5.41, 5.74) is 0. The molecule has 2 saturated heterocycles. The largest absolute Gasteiger partial charge is 0.481 e. The zero-order valence-corrected chi connectivity index (χ0v) is 13.0. The number of halogens is 1. The number of likely N-dealkylation sites (tertiary alicyclic amines) is 2. The quantitative estimate of drug-likeness (QED) is 0.848. The van der Waals surface area contributed by atoms with Crippen molar-refractivity contribution in [3.05, 3.63) is 30.1 Å². The van der Waals surface area contributed by atoms with E-state index in [9.17, 15) is 14.0 Å². The average Bonchev–Trinajstić information content (AvgIpc) is 2.53. The molecule has 0 N–H and O–H groups in total. The summed E-state index contributed by atoms with van der Waals surface area (Å²) in [5.74, 6) is -0.561. The van der Waals surface area contributed by atoms with Gasteiger partial charge in [-0.3, -0.25) is 9.59 Å². The molecule has 2 fully saturated rings. The summed E-state index contributed by atoms with van der Waals surface area (Å²) >= 11 is 0. The fourth-order valence-corrected chi connectivity index (χ4v) is 3.00. The molecule has 3 rings (SSSR count). The van der Waals surface area contributed by atoms with Crippen LogP contribution in [-0.2, 0) is 9.59 Å². The van der Waals surface area contributed by atoms with Crippen molar-refractivity contribution in [3.63, 3.8) is 0 Å². The van der Waals surface area contributed by atoms with Gasteiger partial charge in [-0.05, 0) is 31.4 Å². The summed E-state index contributed by atoms with van der Waals surface area (Å²) in [5, 5.41) is 0. The molecule has 0 unspecified atom stereocenters. The number of rotatable bonds is 4. The van der Waals surface area contributed by atoms with E-state index in [0.29, 0.717) is 13.1 Å². The smallest absolute Gasteiger partial charge is 0.260 e. The topological polar surface area (TPSA) is 49.9 Å². The third-order valence-corrected chi connectivity index (χ3v) is 4.44. The van der Waals surface area contributed by atoms with Gasteiger partial charge in [-0.2, -0.15) is 0 Å². The van der Waals surface area contributed by atoms with E-state index in [4.69, 9.17) is 4.74 Å². The Morgan fingerprint density at radius 2 is 1.78 bits per heavy atom. The van der Waals surface area contributed by atoms with Crippen molar-refractivity contribution in [2.75, 3.05) is 32.8 Å². The molecule has 1 aromatic carbocycles. The first-order chi connectivity index (χ1) is 11.1. The lowest BCUT2D eigenvalue weighted by atomic mass is 9.97. The zero-order chi connectivity index (χ0) is 16.2. The fraction of sp³-hybridized carbons (Fsp3) is 0.529. The molecule has 0 saturated carbocycles. The molecule has 2 aliphatic heterocycles. The Labute approximate surface area is 135 Å². The van der Waals surface area contributed by atoms with Crippen molar-refractivity contribution in [1.82, 2.24) is 9.80 Å². The van der Waals surface area contributed by atoms with Gasteiger partial charge in [-0.25, -0.2) is 4.39 Å². The van der Waals surface area contributed by atoms with Crippen molar-refractivity contribution < 1.29 is 18.7 Å². The molecular formula is C17H21FN2O3. The molecule has 0 bridgehead atoms. The number of benzene rings is 1. The highest BCUT2D eigenvalue weighted by atomic mass is 19.1. The van der Waals surface area contributed by atoms with Crippen LogP contribution in [0, 0.1) is 11.7 Å². The molecule has 0 atom stereocenters. The molecule has 6 heteroatoms. The van der Waals surface area contributed by atoms with Crippen LogP contribution in [0.2, 0.25) is 0 Å². The first-order valence-corrected chi connectivity index (χ1v) is 8.09. The van der Waals surface area contributed by atoms with Gasteiger partial charge in [0.25, 0.3) is 5.91 Å². The zero-order valence-electron chi connectivity index (χ0n) is 13.0. The number of para-hydroxylation sites is 1. The summed E-state index contributed by atoms with van der Waals surface area (Å²) in [7, 11) is 0. The van der Waals surface area contributed by atoms with Gasteiger partial charge in [0.05, 0.1) is 5.92 Å². The number of carbonyl (C=O) groups excluding carboxylic acids is 2.